The van der Waals surface area contributed by atoms with Gasteiger partial charge in [0.15, 0.2) is 0 Å². The Morgan fingerprint density at radius 2 is 1.82 bits per heavy atom. The molecule has 1 fully saturated rings. The summed E-state index contributed by atoms with van der Waals surface area (Å²) in [4.78, 5) is 13.6. The normalized spacial score (nSPS) is 19.6. The van der Waals surface area contributed by atoms with E-state index in [4.69, 9.17) is 9.47 Å². The fourth-order valence-electron chi connectivity index (χ4n) is 1.85. The molecule has 0 radical (unpaired) electrons. The lowest BCUT2D eigenvalue weighted by molar-refractivity contribution is -0.116. The molecule has 1 aromatic carbocycles. The monoisotopic (exact) mass is 299 g/mol. The zero-order valence-corrected chi connectivity index (χ0v) is 11.4. The molecule has 5 heteroatoms. The van der Waals surface area contributed by atoms with Gasteiger partial charge in [-0.3, -0.25) is 4.79 Å². The van der Waals surface area contributed by atoms with Crippen LogP contribution in [0.5, 0.6) is 11.5 Å². The molecule has 0 aliphatic carbocycles. The summed E-state index contributed by atoms with van der Waals surface area (Å²) in [6.45, 7) is 0.713. The number of hydrogen-bond acceptors (Lipinski definition) is 3. The third-order valence-electron chi connectivity index (χ3n) is 2.79. The molecule has 1 atom stereocenters. The average molecular weight is 300 g/mol. The van der Waals surface area contributed by atoms with E-state index in [0.717, 1.165) is 12.1 Å². The predicted molar refractivity (Wildman–Crippen MR) is 69.2 cm³/mol. The minimum atomic E-state index is -0.0836. The molecule has 1 heterocycles. The van der Waals surface area contributed by atoms with Crippen molar-refractivity contribution in [1.82, 2.24) is 0 Å². The van der Waals surface area contributed by atoms with Crippen molar-refractivity contribution < 1.29 is 14.3 Å². The highest BCUT2D eigenvalue weighted by Crippen LogP contribution is 2.32. The van der Waals surface area contributed by atoms with Gasteiger partial charge in [0.05, 0.1) is 24.7 Å². The van der Waals surface area contributed by atoms with Gasteiger partial charge in [0.25, 0.3) is 0 Å². The lowest BCUT2D eigenvalue weighted by Crippen LogP contribution is -2.27. The molecule has 1 saturated heterocycles. The maximum atomic E-state index is 11.9. The highest BCUT2D eigenvalue weighted by atomic mass is 79.9. The Balaban J connectivity index is 2.34. The van der Waals surface area contributed by atoms with Gasteiger partial charge in [-0.25, -0.2) is 0 Å². The second kappa shape index (κ2) is 4.96. The first-order valence-corrected chi connectivity index (χ1v) is 6.26. The average Bonchev–Trinajstić information content (AvgIpc) is 2.69. The third kappa shape index (κ3) is 2.39. The number of hydrogen-bond donors (Lipinski definition) is 0. The van der Waals surface area contributed by atoms with Crippen LogP contribution >= 0.6 is 15.9 Å². The fraction of sp³-hybridized carbons (Fsp3) is 0.417. The summed E-state index contributed by atoms with van der Waals surface area (Å²) in [5.41, 5.74) is 0.813. The van der Waals surface area contributed by atoms with Crippen LogP contribution in [0.4, 0.5) is 5.69 Å². The molecule has 1 amide bonds. The number of benzene rings is 1. The van der Waals surface area contributed by atoms with Crippen molar-refractivity contribution in [2.75, 3.05) is 25.7 Å². The van der Waals surface area contributed by atoms with Crippen LogP contribution in [0, 0.1) is 0 Å². The lowest BCUT2D eigenvalue weighted by atomic mass is 10.2. The van der Waals surface area contributed by atoms with Crippen molar-refractivity contribution in [2.24, 2.45) is 0 Å². The van der Waals surface area contributed by atoms with Crippen LogP contribution < -0.4 is 14.4 Å². The van der Waals surface area contributed by atoms with Crippen molar-refractivity contribution in [2.45, 2.75) is 11.2 Å². The standard InChI is InChI=1S/C12H14BrNO3/c1-16-9-5-8(6-10(7-9)17-2)14-4-3-11(13)12(14)15/h5-7,11H,3-4H2,1-2H3/t11-/m1/s1. The van der Waals surface area contributed by atoms with Crippen LogP contribution in [0.15, 0.2) is 18.2 Å². The van der Waals surface area contributed by atoms with E-state index in [1.807, 2.05) is 12.1 Å². The van der Waals surface area contributed by atoms with Crippen molar-refractivity contribution in [3.63, 3.8) is 0 Å². The number of nitrogens with zero attached hydrogens (tertiary/aromatic N) is 1. The molecule has 1 aliphatic rings. The van der Waals surface area contributed by atoms with E-state index in [0.29, 0.717) is 18.0 Å². The molecule has 0 N–H and O–H groups in total. The number of rotatable bonds is 3. The molecule has 2 rings (SSSR count). The smallest absolute Gasteiger partial charge is 0.240 e. The molecule has 1 aromatic rings. The van der Waals surface area contributed by atoms with Crippen LogP contribution in [0.2, 0.25) is 0 Å². The molecule has 1 aliphatic heterocycles. The largest absolute Gasteiger partial charge is 0.497 e. The first-order valence-electron chi connectivity index (χ1n) is 5.34. The van der Waals surface area contributed by atoms with Crippen LogP contribution in [0.25, 0.3) is 0 Å². The quantitative estimate of drug-likeness (QED) is 0.803. The molecular formula is C12H14BrNO3. The zero-order chi connectivity index (χ0) is 12.4. The summed E-state index contributed by atoms with van der Waals surface area (Å²) in [7, 11) is 3.19. The minimum Gasteiger partial charge on any atom is -0.497 e. The summed E-state index contributed by atoms with van der Waals surface area (Å²) in [6, 6.07) is 5.46. The second-order valence-electron chi connectivity index (χ2n) is 3.82. The molecule has 0 bridgehead atoms. The summed E-state index contributed by atoms with van der Waals surface area (Å²) in [5, 5.41) is 0. The van der Waals surface area contributed by atoms with Gasteiger partial charge in [-0.2, -0.15) is 0 Å². The molecule has 4 nitrogen and oxygen atoms in total. The van der Waals surface area contributed by atoms with E-state index in [2.05, 4.69) is 15.9 Å². The molecular weight excluding hydrogens is 286 g/mol. The van der Waals surface area contributed by atoms with Crippen molar-refractivity contribution in [1.29, 1.82) is 0 Å². The Morgan fingerprint density at radius 3 is 2.24 bits per heavy atom. The SMILES string of the molecule is COc1cc(OC)cc(N2CC[C@@H](Br)C2=O)c1. The maximum Gasteiger partial charge on any atom is 0.240 e. The van der Waals surface area contributed by atoms with Gasteiger partial charge >= 0.3 is 0 Å². The topological polar surface area (TPSA) is 38.8 Å². The fourth-order valence-corrected chi connectivity index (χ4v) is 2.30. The van der Waals surface area contributed by atoms with E-state index < -0.39 is 0 Å². The van der Waals surface area contributed by atoms with Crippen LogP contribution in [0.3, 0.4) is 0 Å². The number of ether oxygens (including phenoxy) is 2. The van der Waals surface area contributed by atoms with E-state index in [1.165, 1.54) is 0 Å². The van der Waals surface area contributed by atoms with E-state index in [9.17, 15) is 4.79 Å². The van der Waals surface area contributed by atoms with Gasteiger partial charge in [-0.15, -0.1) is 0 Å². The van der Waals surface area contributed by atoms with Crippen LogP contribution in [0.1, 0.15) is 6.42 Å². The van der Waals surface area contributed by atoms with Gasteiger partial charge in [0.2, 0.25) is 5.91 Å². The Hall–Kier alpha value is -1.23. The minimum absolute atomic E-state index is 0.0836. The van der Waals surface area contributed by atoms with Crippen molar-refractivity contribution in [3.05, 3.63) is 18.2 Å². The van der Waals surface area contributed by atoms with E-state index in [-0.39, 0.29) is 10.7 Å². The number of alkyl halides is 1. The third-order valence-corrected chi connectivity index (χ3v) is 3.64. The summed E-state index contributed by atoms with van der Waals surface area (Å²) in [5.74, 6) is 1.45. The summed E-state index contributed by atoms with van der Waals surface area (Å²) < 4.78 is 10.4. The van der Waals surface area contributed by atoms with Gasteiger partial charge in [-0.1, -0.05) is 15.9 Å². The summed E-state index contributed by atoms with van der Waals surface area (Å²) >= 11 is 3.36. The molecule has 0 saturated carbocycles. The van der Waals surface area contributed by atoms with Gasteiger partial charge < -0.3 is 14.4 Å². The number of anilines is 1. The number of amides is 1. The van der Waals surface area contributed by atoms with Crippen LogP contribution in [-0.2, 0) is 4.79 Å². The number of carbonyl (C=O) groups excluding carboxylic acids is 1. The number of methoxy groups -OCH3 is 2. The first-order chi connectivity index (χ1) is 8.15. The van der Waals surface area contributed by atoms with Crippen LogP contribution in [-0.4, -0.2) is 31.5 Å². The van der Waals surface area contributed by atoms with Crippen molar-refractivity contribution in [3.8, 4) is 11.5 Å². The molecule has 0 unspecified atom stereocenters. The van der Waals surface area contributed by atoms with Gasteiger partial charge in [-0.05, 0) is 6.42 Å². The Bertz CT molecular complexity index is 414. The Morgan fingerprint density at radius 1 is 1.24 bits per heavy atom. The highest BCUT2D eigenvalue weighted by molar-refractivity contribution is 9.10. The van der Waals surface area contributed by atoms with E-state index >= 15 is 0 Å². The number of halogens is 1. The van der Waals surface area contributed by atoms with Crippen molar-refractivity contribution >= 4 is 27.5 Å². The lowest BCUT2D eigenvalue weighted by Gasteiger charge is -2.17. The predicted octanol–water partition coefficient (Wildman–Crippen LogP) is 2.20. The molecule has 0 aromatic heterocycles. The second-order valence-corrected chi connectivity index (χ2v) is 4.92. The van der Waals surface area contributed by atoms with Gasteiger partial charge in [0.1, 0.15) is 11.5 Å². The van der Waals surface area contributed by atoms with Gasteiger partial charge in [0, 0.05) is 24.7 Å². The van der Waals surface area contributed by atoms with E-state index in [1.54, 1.807) is 25.2 Å². The zero-order valence-electron chi connectivity index (χ0n) is 9.77. The highest BCUT2D eigenvalue weighted by Gasteiger charge is 2.30. The molecule has 17 heavy (non-hydrogen) atoms. The summed E-state index contributed by atoms with van der Waals surface area (Å²) in [6.07, 6.45) is 0.818. The Kier molecular flexibility index (Phi) is 3.57. The first kappa shape index (κ1) is 12.2. The Labute approximate surface area is 109 Å². The molecule has 92 valence electrons. The number of carbonyl (C=O) groups is 1. The molecule has 0 spiro atoms. The maximum absolute atomic E-state index is 11.9.